The lowest BCUT2D eigenvalue weighted by atomic mass is 10.2. The lowest BCUT2D eigenvalue weighted by Gasteiger charge is -2.36. The number of aliphatic hydroxyl groups excluding tert-OH is 1. The predicted molar refractivity (Wildman–Crippen MR) is 100 cm³/mol. The van der Waals surface area contributed by atoms with Crippen molar-refractivity contribution in [3.8, 4) is 11.4 Å². The van der Waals surface area contributed by atoms with Crippen LogP contribution in [-0.2, 0) is 11.0 Å². The number of nitrogens with zero attached hydrogens (tertiary/aromatic N) is 2. The van der Waals surface area contributed by atoms with Crippen molar-refractivity contribution in [3.63, 3.8) is 0 Å². The van der Waals surface area contributed by atoms with Crippen molar-refractivity contribution in [1.82, 2.24) is 9.97 Å². The molecule has 0 radical (unpaired) electrons. The van der Waals surface area contributed by atoms with E-state index in [4.69, 9.17) is 4.43 Å². The van der Waals surface area contributed by atoms with E-state index in [0.717, 1.165) is 17.1 Å². The first kappa shape index (κ1) is 18.8. The van der Waals surface area contributed by atoms with E-state index in [1.54, 1.807) is 6.92 Å². The molecule has 0 aliphatic heterocycles. The van der Waals surface area contributed by atoms with Crippen LogP contribution in [-0.4, -0.2) is 23.4 Å². The van der Waals surface area contributed by atoms with Gasteiger partial charge in [-0.25, -0.2) is 9.97 Å². The zero-order valence-electron chi connectivity index (χ0n) is 15.5. The average Bonchev–Trinajstić information content (AvgIpc) is 2.52. The molecule has 4 nitrogen and oxygen atoms in total. The van der Waals surface area contributed by atoms with Gasteiger partial charge < -0.3 is 9.53 Å². The van der Waals surface area contributed by atoms with Gasteiger partial charge in [0.2, 0.25) is 0 Å². The maximum Gasteiger partial charge on any atom is 0.192 e. The van der Waals surface area contributed by atoms with E-state index < -0.39 is 14.4 Å². The minimum Gasteiger partial charge on any atom is -0.411 e. The normalized spacial score (nSPS) is 13.8. The summed E-state index contributed by atoms with van der Waals surface area (Å²) in [5, 5.41) is 9.88. The van der Waals surface area contributed by atoms with Crippen LogP contribution in [0.4, 0.5) is 0 Å². The summed E-state index contributed by atoms with van der Waals surface area (Å²) in [5.41, 5.74) is 3.12. The van der Waals surface area contributed by atoms with Crippen molar-refractivity contribution in [2.24, 2.45) is 0 Å². The molecular formula is C19H28N2O2Si. The molecule has 0 fully saturated rings. The summed E-state index contributed by atoms with van der Waals surface area (Å²) in [6.07, 6.45) is -0.588. The van der Waals surface area contributed by atoms with Crippen molar-refractivity contribution in [1.29, 1.82) is 0 Å². The van der Waals surface area contributed by atoms with Crippen molar-refractivity contribution in [2.45, 2.75) is 58.5 Å². The van der Waals surface area contributed by atoms with Gasteiger partial charge in [-0.15, -0.1) is 0 Å². The maximum atomic E-state index is 9.70. The molecule has 130 valence electrons. The Hall–Kier alpha value is -1.56. The van der Waals surface area contributed by atoms with Crippen LogP contribution in [0.3, 0.4) is 0 Å². The van der Waals surface area contributed by atoms with Gasteiger partial charge in [0.05, 0.1) is 35.5 Å². The molecule has 0 saturated heterocycles. The van der Waals surface area contributed by atoms with Gasteiger partial charge in [-0.3, -0.25) is 0 Å². The molecule has 24 heavy (non-hydrogen) atoms. The zero-order valence-corrected chi connectivity index (χ0v) is 16.5. The number of rotatable bonds is 5. The van der Waals surface area contributed by atoms with Crippen molar-refractivity contribution < 1.29 is 9.53 Å². The van der Waals surface area contributed by atoms with Crippen LogP contribution in [0, 0.1) is 0 Å². The molecule has 0 saturated carbocycles. The summed E-state index contributed by atoms with van der Waals surface area (Å²) >= 11 is 0. The Balaban J connectivity index is 2.19. The zero-order chi connectivity index (χ0) is 18.0. The van der Waals surface area contributed by atoms with Gasteiger partial charge in [0, 0.05) is 0 Å². The molecule has 0 amide bonds. The van der Waals surface area contributed by atoms with Gasteiger partial charge in [-0.2, -0.15) is 0 Å². The van der Waals surface area contributed by atoms with E-state index in [1.165, 1.54) is 0 Å². The molecule has 5 heteroatoms. The van der Waals surface area contributed by atoms with Gasteiger partial charge >= 0.3 is 0 Å². The number of hydrogen-bond donors (Lipinski definition) is 1. The van der Waals surface area contributed by atoms with E-state index in [1.807, 2.05) is 36.4 Å². The number of aromatic nitrogens is 2. The largest absolute Gasteiger partial charge is 0.411 e. The second-order valence-electron chi connectivity index (χ2n) is 7.69. The number of hydrogen-bond acceptors (Lipinski definition) is 4. The Labute approximate surface area is 146 Å². The highest BCUT2D eigenvalue weighted by Crippen LogP contribution is 2.37. The summed E-state index contributed by atoms with van der Waals surface area (Å²) in [7, 11) is -1.80. The Kier molecular flexibility index (Phi) is 5.58. The first-order valence-corrected chi connectivity index (χ1v) is 11.3. The van der Waals surface area contributed by atoms with Gasteiger partial charge in [-0.05, 0) is 49.3 Å². The highest BCUT2D eigenvalue weighted by Gasteiger charge is 2.37. The second-order valence-corrected chi connectivity index (χ2v) is 12.5. The van der Waals surface area contributed by atoms with Gasteiger partial charge in [0.15, 0.2) is 8.32 Å². The van der Waals surface area contributed by atoms with Crippen LogP contribution < -0.4 is 0 Å². The van der Waals surface area contributed by atoms with E-state index in [-0.39, 0.29) is 5.04 Å². The molecule has 2 aromatic rings. The molecular weight excluding hydrogens is 316 g/mol. The van der Waals surface area contributed by atoms with Crippen LogP contribution >= 0.6 is 0 Å². The average molecular weight is 345 g/mol. The molecule has 0 spiro atoms. The molecule has 2 rings (SSSR count). The fourth-order valence-corrected chi connectivity index (χ4v) is 2.94. The van der Waals surface area contributed by atoms with E-state index >= 15 is 0 Å². The standard InChI is InChI=1S/C19H28N2O2Si/c1-14(22)16-10-8-12-18(21-16)17-11-7-9-15(20-17)13-23-24(5,6)19(2,3)4/h7-12,14,22H,13H2,1-6H3. The SMILES string of the molecule is CC(O)c1cccc(-c2cccc(CO[Si](C)(C)C(C)(C)C)n2)n1. The number of aliphatic hydroxyl groups is 1. The fraction of sp³-hybridized carbons (Fsp3) is 0.474. The lowest BCUT2D eigenvalue weighted by molar-refractivity contribution is 0.194. The third kappa shape index (κ3) is 4.50. The van der Waals surface area contributed by atoms with Gasteiger partial charge in [0.25, 0.3) is 0 Å². The summed E-state index contributed by atoms with van der Waals surface area (Å²) in [6.45, 7) is 13.4. The molecule has 1 atom stereocenters. The third-order valence-corrected chi connectivity index (χ3v) is 9.13. The van der Waals surface area contributed by atoms with E-state index in [0.29, 0.717) is 12.3 Å². The minimum absolute atomic E-state index is 0.178. The van der Waals surface area contributed by atoms with Crippen LogP contribution in [0.1, 0.15) is 45.2 Å². The smallest absolute Gasteiger partial charge is 0.192 e. The van der Waals surface area contributed by atoms with E-state index in [2.05, 4.69) is 43.8 Å². The molecule has 2 aromatic heterocycles. The summed E-state index contributed by atoms with van der Waals surface area (Å²) in [4.78, 5) is 9.17. The summed E-state index contributed by atoms with van der Waals surface area (Å²) < 4.78 is 6.25. The quantitative estimate of drug-likeness (QED) is 0.798. The van der Waals surface area contributed by atoms with Crippen LogP contribution in [0.25, 0.3) is 11.4 Å². The Morgan fingerprint density at radius 1 is 1.04 bits per heavy atom. The summed E-state index contributed by atoms with van der Waals surface area (Å²) in [6, 6.07) is 11.5. The van der Waals surface area contributed by atoms with Gasteiger partial charge in [-0.1, -0.05) is 32.9 Å². The van der Waals surface area contributed by atoms with Crippen molar-refractivity contribution in [2.75, 3.05) is 0 Å². The highest BCUT2D eigenvalue weighted by molar-refractivity contribution is 6.74. The second kappa shape index (κ2) is 7.13. The molecule has 2 heterocycles. The maximum absolute atomic E-state index is 9.70. The monoisotopic (exact) mass is 344 g/mol. The molecule has 0 aliphatic rings. The minimum atomic E-state index is -1.80. The molecule has 0 bridgehead atoms. The van der Waals surface area contributed by atoms with Crippen LogP contribution in [0.5, 0.6) is 0 Å². The fourth-order valence-electron chi connectivity index (χ4n) is 2.00. The molecule has 1 unspecified atom stereocenters. The predicted octanol–water partition coefficient (Wildman–Crippen LogP) is 4.72. The van der Waals surface area contributed by atoms with Crippen molar-refractivity contribution >= 4 is 8.32 Å². The first-order valence-electron chi connectivity index (χ1n) is 8.35. The first-order chi connectivity index (χ1) is 11.1. The third-order valence-electron chi connectivity index (χ3n) is 4.65. The Bertz CT molecular complexity index is 694. The highest BCUT2D eigenvalue weighted by atomic mass is 28.4. The van der Waals surface area contributed by atoms with Gasteiger partial charge in [0.1, 0.15) is 0 Å². The summed E-state index contributed by atoms with van der Waals surface area (Å²) in [5.74, 6) is 0. The molecule has 1 N–H and O–H groups in total. The van der Waals surface area contributed by atoms with E-state index in [9.17, 15) is 5.11 Å². The Morgan fingerprint density at radius 3 is 2.21 bits per heavy atom. The Morgan fingerprint density at radius 2 is 1.62 bits per heavy atom. The molecule has 0 aliphatic carbocycles. The topological polar surface area (TPSA) is 55.2 Å². The van der Waals surface area contributed by atoms with Crippen LogP contribution in [0.15, 0.2) is 36.4 Å². The number of pyridine rings is 2. The van der Waals surface area contributed by atoms with Crippen molar-refractivity contribution in [3.05, 3.63) is 47.8 Å². The van der Waals surface area contributed by atoms with Crippen LogP contribution in [0.2, 0.25) is 18.1 Å². The molecule has 0 aromatic carbocycles. The lowest BCUT2D eigenvalue weighted by Crippen LogP contribution is -2.40.